The molecular weight excluding hydrogens is 100 g/mol. The molecule has 0 aliphatic heterocycles. The number of ether oxygens (including phenoxy) is 1. The van der Waals surface area contributed by atoms with Crippen LogP contribution < -0.4 is 0 Å². The van der Waals surface area contributed by atoms with Crippen LogP contribution in [0.1, 0.15) is 13.8 Å². The quantitative estimate of drug-likeness (QED) is 0.490. The van der Waals surface area contributed by atoms with Crippen molar-refractivity contribution >= 4 is 0 Å². The monoisotopic (exact) mass is 111 g/mol. The zero-order valence-corrected chi connectivity index (χ0v) is 5.40. The van der Waals surface area contributed by atoms with E-state index in [1.807, 2.05) is 13.8 Å². The van der Waals surface area contributed by atoms with Gasteiger partial charge in [-0.05, 0) is 13.8 Å². The van der Waals surface area contributed by atoms with Crippen LogP contribution in [-0.4, -0.2) is 6.61 Å². The average Bonchev–Trinajstić information content (AvgIpc) is 1.67. The number of hydrogen-bond acceptors (Lipinski definition) is 1. The summed E-state index contributed by atoms with van der Waals surface area (Å²) in [6.45, 7) is 4.37. The minimum atomic E-state index is -0.165. The maximum Gasteiger partial charge on any atom is 0.0701 e. The molecular formula is C7H11O. The molecule has 0 atom stereocenters. The highest BCUT2D eigenvalue weighted by Gasteiger charge is 2.11. The van der Waals surface area contributed by atoms with Gasteiger partial charge < -0.3 is 4.74 Å². The summed E-state index contributed by atoms with van der Waals surface area (Å²) in [4.78, 5) is 0. The van der Waals surface area contributed by atoms with Crippen molar-refractivity contribution in [2.45, 2.75) is 13.8 Å². The van der Waals surface area contributed by atoms with Gasteiger partial charge in [-0.25, -0.2) is 0 Å². The Morgan fingerprint density at radius 1 is 1.75 bits per heavy atom. The van der Waals surface area contributed by atoms with E-state index < -0.39 is 0 Å². The molecule has 0 aromatic carbocycles. The lowest BCUT2D eigenvalue weighted by Crippen LogP contribution is -2.14. The van der Waals surface area contributed by atoms with Crippen molar-refractivity contribution in [3.05, 3.63) is 7.11 Å². The largest absolute Gasteiger partial charge is 0.378 e. The molecule has 0 rings (SSSR count). The summed E-state index contributed by atoms with van der Waals surface area (Å²) in [6.07, 6.45) is 5.13. The topological polar surface area (TPSA) is 9.23 Å². The minimum Gasteiger partial charge on any atom is -0.378 e. The first kappa shape index (κ1) is 7.52. The molecule has 1 radical (unpaired) electrons. The molecule has 0 saturated carbocycles. The van der Waals surface area contributed by atoms with E-state index in [2.05, 4.69) is 17.8 Å². The van der Waals surface area contributed by atoms with Crippen molar-refractivity contribution in [1.29, 1.82) is 0 Å². The van der Waals surface area contributed by atoms with Gasteiger partial charge in [-0.3, -0.25) is 0 Å². The van der Waals surface area contributed by atoms with E-state index in [1.54, 1.807) is 0 Å². The van der Waals surface area contributed by atoms with Crippen molar-refractivity contribution in [1.82, 2.24) is 0 Å². The SMILES string of the molecule is C#CC(C)(C)CO[CH2]. The molecule has 45 valence electrons. The van der Waals surface area contributed by atoms with E-state index in [9.17, 15) is 0 Å². The van der Waals surface area contributed by atoms with Crippen LogP contribution in [0, 0.1) is 24.9 Å². The molecule has 0 amide bonds. The zero-order valence-electron chi connectivity index (χ0n) is 5.40. The predicted molar refractivity (Wildman–Crippen MR) is 33.9 cm³/mol. The third-order valence-corrected chi connectivity index (χ3v) is 0.854. The zero-order chi connectivity index (χ0) is 6.62. The normalized spacial score (nSPS) is 10.8. The molecule has 0 aliphatic carbocycles. The van der Waals surface area contributed by atoms with Gasteiger partial charge in [0.1, 0.15) is 0 Å². The molecule has 0 unspecified atom stereocenters. The summed E-state index contributed by atoms with van der Waals surface area (Å²) in [7, 11) is 3.22. The van der Waals surface area contributed by atoms with Crippen molar-refractivity contribution in [3.8, 4) is 12.3 Å². The number of terminal acetylenes is 1. The second kappa shape index (κ2) is 2.74. The number of rotatable bonds is 2. The molecule has 0 N–H and O–H groups in total. The summed E-state index contributed by atoms with van der Waals surface area (Å²) < 4.78 is 4.61. The van der Waals surface area contributed by atoms with Gasteiger partial charge in [0, 0.05) is 5.41 Å². The Hall–Kier alpha value is -0.480. The standard InChI is InChI=1S/C7H11O/c1-5-7(2,3)6-8-4/h1H,4,6H2,2-3H3. The van der Waals surface area contributed by atoms with Crippen LogP contribution in [0.15, 0.2) is 0 Å². The van der Waals surface area contributed by atoms with Crippen molar-refractivity contribution in [3.63, 3.8) is 0 Å². The summed E-state index contributed by atoms with van der Waals surface area (Å²) in [5.41, 5.74) is -0.165. The predicted octanol–water partition coefficient (Wildman–Crippen LogP) is 1.45. The van der Waals surface area contributed by atoms with Crippen molar-refractivity contribution in [2.75, 3.05) is 6.61 Å². The van der Waals surface area contributed by atoms with Crippen LogP contribution in [-0.2, 0) is 4.74 Å². The van der Waals surface area contributed by atoms with E-state index in [0.717, 1.165) is 0 Å². The lowest BCUT2D eigenvalue weighted by Gasteiger charge is -2.14. The Balaban J connectivity index is 3.59. The van der Waals surface area contributed by atoms with Crippen LogP contribution in [0.25, 0.3) is 0 Å². The fourth-order valence-electron chi connectivity index (χ4n) is 0.297. The van der Waals surface area contributed by atoms with Gasteiger partial charge >= 0.3 is 0 Å². The first-order chi connectivity index (χ1) is 3.62. The minimum absolute atomic E-state index is 0.165. The van der Waals surface area contributed by atoms with Crippen LogP contribution in [0.4, 0.5) is 0 Å². The molecule has 0 heterocycles. The van der Waals surface area contributed by atoms with Crippen LogP contribution in [0.5, 0.6) is 0 Å². The van der Waals surface area contributed by atoms with Gasteiger partial charge in [0.15, 0.2) is 0 Å². The fourth-order valence-corrected chi connectivity index (χ4v) is 0.297. The summed E-state index contributed by atoms with van der Waals surface area (Å²) in [6, 6.07) is 0. The average molecular weight is 111 g/mol. The maximum atomic E-state index is 5.13. The van der Waals surface area contributed by atoms with Gasteiger partial charge in [-0.1, -0.05) is 5.92 Å². The van der Waals surface area contributed by atoms with Crippen LogP contribution >= 0.6 is 0 Å². The van der Waals surface area contributed by atoms with E-state index in [4.69, 9.17) is 6.42 Å². The maximum absolute atomic E-state index is 5.13. The first-order valence-corrected chi connectivity index (χ1v) is 2.47. The molecule has 0 aliphatic rings. The van der Waals surface area contributed by atoms with Crippen LogP contribution in [0.2, 0.25) is 0 Å². The Kier molecular flexibility index (Phi) is 2.57. The third kappa shape index (κ3) is 2.65. The second-order valence-electron chi connectivity index (χ2n) is 2.38. The summed E-state index contributed by atoms with van der Waals surface area (Å²) in [5.74, 6) is 2.58. The molecule has 0 aromatic rings. The van der Waals surface area contributed by atoms with Gasteiger partial charge in [-0.15, -0.1) is 6.42 Å². The van der Waals surface area contributed by atoms with E-state index in [-0.39, 0.29) is 5.41 Å². The molecule has 0 bridgehead atoms. The molecule has 0 fully saturated rings. The van der Waals surface area contributed by atoms with Crippen LogP contribution in [0.3, 0.4) is 0 Å². The molecule has 8 heavy (non-hydrogen) atoms. The summed E-state index contributed by atoms with van der Waals surface area (Å²) in [5, 5.41) is 0. The second-order valence-corrected chi connectivity index (χ2v) is 2.38. The fraction of sp³-hybridized carbons (Fsp3) is 0.571. The van der Waals surface area contributed by atoms with Gasteiger partial charge in [-0.2, -0.15) is 0 Å². The molecule has 0 saturated heterocycles. The molecule has 1 heteroatoms. The molecule has 0 spiro atoms. The lowest BCUT2D eigenvalue weighted by atomic mass is 9.97. The summed E-state index contributed by atoms with van der Waals surface area (Å²) >= 11 is 0. The van der Waals surface area contributed by atoms with Gasteiger partial charge in [0.2, 0.25) is 0 Å². The highest BCUT2D eigenvalue weighted by molar-refractivity contribution is 5.00. The van der Waals surface area contributed by atoms with E-state index in [0.29, 0.717) is 6.61 Å². The molecule has 1 nitrogen and oxygen atoms in total. The first-order valence-electron chi connectivity index (χ1n) is 2.47. The lowest BCUT2D eigenvalue weighted by molar-refractivity contribution is 0.171. The number of hydrogen-bond donors (Lipinski definition) is 0. The smallest absolute Gasteiger partial charge is 0.0701 e. The van der Waals surface area contributed by atoms with Crippen molar-refractivity contribution in [2.24, 2.45) is 5.41 Å². The Bertz CT molecular complexity index is 97.4. The van der Waals surface area contributed by atoms with Crippen molar-refractivity contribution < 1.29 is 4.74 Å². The Labute approximate surface area is 51.0 Å². The van der Waals surface area contributed by atoms with Gasteiger partial charge in [0.05, 0.1) is 13.7 Å². The van der Waals surface area contributed by atoms with E-state index >= 15 is 0 Å². The van der Waals surface area contributed by atoms with Gasteiger partial charge in [0.25, 0.3) is 0 Å². The highest BCUT2D eigenvalue weighted by Crippen LogP contribution is 2.11. The Morgan fingerprint density at radius 2 is 2.25 bits per heavy atom. The highest BCUT2D eigenvalue weighted by atomic mass is 16.5. The Morgan fingerprint density at radius 3 is 2.38 bits per heavy atom. The molecule has 0 aromatic heterocycles. The third-order valence-electron chi connectivity index (χ3n) is 0.854. The van der Waals surface area contributed by atoms with E-state index in [1.165, 1.54) is 0 Å².